The van der Waals surface area contributed by atoms with Crippen LogP contribution in [0.4, 0.5) is 0 Å². The van der Waals surface area contributed by atoms with Crippen LogP contribution in [0.25, 0.3) is 0 Å². The summed E-state index contributed by atoms with van der Waals surface area (Å²) in [6, 6.07) is 0. The maximum absolute atomic E-state index is 12.0. The van der Waals surface area contributed by atoms with Crippen LogP contribution in [0, 0.1) is 11.8 Å². The van der Waals surface area contributed by atoms with E-state index in [-0.39, 0.29) is 30.7 Å². The minimum atomic E-state index is -0.480. The molecule has 0 saturated heterocycles. The van der Waals surface area contributed by atoms with Gasteiger partial charge in [0.15, 0.2) is 0 Å². The summed E-state index contributed by atoms with van der Waals surface area (Å²) in [4.78, 5) is 22.4. The second-order valence-corrected chi connectivity index (χ2v) is 9.99. The molecule has 162 valence electrons. The van der Waals surface area contributed by atoms with Crippen LogP contribution in [0.2, 0.25) is 0 Å². The number of fused-ring (bicyclic) bond motifs is 1. The monoisotopic (exact) mass is 398 g/mol. The standard InChI is InChI=1S/C22H38O6/c1-15(27-28-22(5,6)7)25-17-11-12-18-16(13-17)9-8-10-19(18)24-14-20(23)26-21(2,3)4/h16-19H,1,8-14H2,2-7H3. The quantitative estimate of drug-likeness (QED) is 0.263. The van der Waals surface area contributed by atoms with Crippen LogP contribution in [0.1, 0.15) is 80.1 Å². The molecule has 4 unspecified atom stereocenters. The molecule has 0 aromatic rings. The summed E-state index contributed by atoms with van der Waals surface area (Å²) in [6.45, 7) is 15.2. The van der Waals surface area contributed by atoms with E-state index in [1.165, 1.54) is 6.42 Å². The summed E-state index contributed by atoms with van der Waals surface area (Å²) in [7, 11) is 0. The van der Waals surface area contributed by atoms with Crippen molar-refractivity contribution in [2.75, 3.05) is 6.61 Å². The molecule has 6 nitrogen and oxygen atoms in total. The van der Waals surface area contributed by atoms with Gasteiger partial charge in [-0.05, 0) is 92.1 Å². The van der Waals surface area contributed by atoms with Gasteiger partial charge in [0.25, 0.3) is 0 Å². The van der Waals surface area contributed by atoms with E-state index in [1.54, 1.807) is 0 Å². The molecule has 28 heavy (non-hydrogen) atoms. The molecule has 2 aliphatic carbocycles. The summed E-state index contributed by atoms with van der Waals surface area (Å²) >= 11 is 0. The lowest BCUT2D eigenvalue weighted by Crippen LogP contribution is -2.41. The van der Waals surface area contributed by atoms with Crippen molar-refractivity contribution in [3.63, 3.8) is 0 Å². The number of esters is 1. The second kappa shape index (κ2) is 9.49. The Morgan fingerprint density at radius 1 is 1.00 bits per heavy atom. The number of hydrogen-bond acceptors (Lipinski definition) is 6. The number of carbonyl (C=O) groups excluding carboxylic acids is 1. The minimum absolute atomic E-state index is 0.0277. The minimum Gasteiger partial charge on any atom is -0.460 e. The third-order valence-corrected chi connectivity index (χ3v) is 5.05. The van der Waals surface area contributed by atoms with Gasteiger partial charge in [-0.1, -0.05) is 6.42 Å². The van der Waals surface area contributed by atoms with Gasteiger partial charge in [-0.3, -0.25) is 4.89 Å². The lowest BCUT2D eigenvalue weighted by Gasteiger charge is -2.43. The molecule has 0 N–H and O–H groups in total. The van der Waals surface area contributed by atoms with Gasteiger partial charge in [0, 0.05) is 0 Å². The average Bonchev–Trinajstić information content (AvgIpc) is 2.56. The zero-order valence-corrected chi connectivity index (χ0v) is 18.4. The maximum Gasteiger partial charge on any atom is 0.332 e. The van der Waals surface area contributed by atoms with Crippen LogP contribution in [-0.2, 0) is 28.8 Å². The third kappa shape index (κ3) is 8.00. The number of ether oxygens (including phenoxy) is 3. The average molecular weight is 399 g/mol. The van der Waals surface area contributed by atoms with E-state index in [1.807, 2.05) is 41.5 Å². The number of hydrogen-bond donors (Lipinski definition) is 0. The molecule has 0 spiro atoms. The van der Waals surface area contributed by atoms with E-state index in [0.29, 0.717) is 11.8 Å². The van der Waals surface area contributed by atoms with Crippen molar-refractivity contribution in [1.29, 1.82) is 0 Å². The molecule has 0 bridgehead atoms. The second-order valence-electron chi connectivity index (χ2n) is 9.99. The first-order valence-corrected chi connectivity index (χ1v) is 10.5. The van der Waals surface area contributed by atoms with Crippen molar-refractivity contribution in [2.24, 2.45) is 11.8 Å². The maximum atomic E-state index is 12.0. The third-order valence-electron chi connectivity index (χ3n) is 5.05. The summed E-state index contributed by atoms with van der Waals surface area (Å²) in [5.41, 5.74) is -0.891. The molecule has 0 aromatic heterocycles. The fourth-order valence-corrected chi connectivity index (χ4v) is 4.10. The van der Waals surface area contributed by atoms with E-state index in [4.69, 9.17) is 24.0 Å². The molecule has 0 amide bonds. The predicted molar refractivity (Wildman–Crippen MR) is 106 cm³/mol. The SMILES string of the molecule is C=C(OOC(C)(C)C)OC1CCC2C(CCCC2OCC(=O)OC(C)(C)C)C1. The summed E-state index contributed by atoms with van der Waals surface area (Å²) < 4.78 is 17.2. The van der Waals surface area contributed by atoms with Crippen LogP contribution in [0.15, 0.2) is 12.5 Å². The van der Waals surface area contributed by atoms with Gasteiger partial charge in [-0.2, -0.15) is 4.89 Å². The van der Waals surface area contributed by atoms with E-state index in [0.717, 1.165) is 32.1 Å². The molecule has 0 aliphatic heterocycles. The molecule has 0 heterocycles. The lowest BCUT2D eigenvalue weighted by atomic mass is 9.68. The predicted octanol–water partition coefficient (Wildman–Crippen LogP) is 4.92. The molecule has 6 heteroatoms. The zero-order chi connectivity index (χ0) is 20.9. The topological polar surface area (TPSA) is 63.2 Å². The van der Waals surface area contributed by atoms with Gasteiger partial charge in [0.05, 0.1) is 6.10 Å². The molecular formula is C22H38O6. The summed E-state index contributed by atoms with van der Waals surface area (Å²) in [6.07, 6.45) is 6.38. The van der Waals surface area contributed by atoms with Gasteiger partial charge < -0.3 is 14.2 Å². The van der Waals surface area contributed by atoms with Crippen molar-refractivity contribution in [3.05, 3.63) is 12.5 Å². The van der Waals surface area contributed by atoms with E-state index >= 15 is 0 Å². The highest BCUT2D eigenvalue weighted by atomic mass is 17.2. The van der Waals surface area contributed by atoms with Gasteiger partial charge in [-0.15, -0.1) is 0 Å². The van der Waals surface area contributed by atoms with E-state index < -0.39 is 11.2 Å². The molecule has 0 radical (unpaired) electrons. The highest BCUT2D eigenvalue weighted by Gasteiger charge is 2.39. The van der Waals surface area contributed by atoms with Crippen LogP contribution >= 0.6 is 0 Å². The molecule has 4 atom stereocenters. The largest absolute Gasteiger partial charge is 0.460 e. The van der Waals surface area contributed by atoms with Crippen molar-refractivity contribution in [1.82, 2.24) is 0 Å². The molecule has 0 aromatic carbocycles. The smallest absolute Gasteiger partial charge is 0.332 e. The molecule has 2 saturated carbocycles. The zero-order valence-electron chi connectivity index (χ0n) is 18.4. The van der Waals surface area contributed by atoms with Crippen molar-refractivity contribution < 1.29 is 28.8 Å². The number of rotatable bonds is 7. The molecule has 2 rings (SSSR count). The Hall–Kier alpha value is -1.27. The van der Waals surface area contributed by atoms with Crippen LogP contribution < -0.4 is 0 Å². The molecular weight excluding hydrogens is 360 g/mol. The highest BCUT2D eigenvalue weighted by Crippen LogP contribution is 2.43. The van der Waals surface area contributed by atoms with Gasteiger partial charge >= 0.3 is 11.9 Å². The number of carbonyl (C=O) groups is 1. The Labute approximate surface area is 169 Å². The Balaban J connectivity index is 1.78. The Kier molecular flexibility index (Phi) is 7.80. The Morgan fingerprint density at radius 3 is 2.36 bits per heavy atom. The summed E-state index contributed by atoms with van der Waals surface area (Å²) in [5.74, 6) is 0.925. The first kappa shape index (κ1) is 23.0. The fourth-order valence-electron chi connectivity index (χ4n) is 4.10. The van der Waals surface area contributed by atoms with Crippen molar-refractivity contribution in [3.8, 4) is 0 Å². The summed E-state index contributed by atoms with van der Waals surface area (Å²) in [5, 5.41) is 0. The molecule has 2 aliphatic rings. The van der Waals surface area contributed by atoms with E-state index in [9.17, 15) is 4.79 Å². The van der Waals surface area contributed by atoms with Crippen molar-refractivity contribution >= 4 is 5.97 Å². The first-order valence-electron chi connectivity index (χ1n) is 10.5. The van der Waals surface area contributed by atoms with Gasteiger partial charge in [-0.25, -0.2) is 4.79 Å². The van der Waals surface area contributed by atoms with Crippen molar-refractivity contribution in [2.45, 2.75) is 103 Å². The first-order chi connectivity index (χ1) is 12.9. The van der Waals surface area contributed by atoms with Crippen LogP contribution in [0.3, 0.4) is 0 Å². The highest BCUT2D eigenvalue weighted by molar-refractivity contribution is 5.71. The molecule has 2 fully saturated rings. The van der Waals surface area contributed by atoms with E-state index in [2.05, 4.69) is 6.58 Å². The fraction of sp³-hybridized carbons (Fsp3) is 0.864. The van der Waals surface area contributed by atoms with Gasteiger partial charge in [0.2, 0.25) is 0 Å². The lowest BCUT2D eigenvalue weighted by molar-refractivity contribution is -0.347. The Bertz CT molecular complexity index is 530. The van der Waals surface area contributed by atoms with Crippen LogP contribution in [-0.4, -0.2) is 36.0 Å². The van der Waals surface area contributed by atoms with Gasteiger partial charge in [0.1, 0.15) is 23.9 Å². The normalized spacial score (nSPS) is 28.2. The Morgan fingerprint density at radius 2 is 1.71 bits per heavy atom. The van der Waals surface area contributed by atoms with Crippen LogP contribution in [0.5, 0.6) is 0 Å².